The minimum Gasteiger partial charge on any atom is -0.459 e. The highest BCUT2D eigenvalue weighted by Gasteiger charge is 2.27. The van der Waals surface area contributed by atoms with Crippen molar-refractivity contribution in [3.63, 3.8) is 0 Å². The molecule has 0 aliphatic carbocycles. The van der Waals surface area contributed by atoms with Gasteiger partial charge in [0.1, 0.15) is 23.0 Å². The van der Waals surface area contributed by atoms with Crippen molar-refractivity contribution in [3.05, 3.63) is 59.5 Å². The van der Waals surface area contributed by atoms with E-state index in [4.69, 9.17) is 9.15 Å². The van der Waals surface area contributed by atoms with E-state index in [1.807, 2.05) is 31.2 Å². The fraction of sp³-hybridized carbons (Fsp3) is 0.333. The highest BCUT2D eigenvalue weighted by molar-refractivity contribution is 6.00. The average Bonchev–Trinajstić information content (AvgIpc) is 3.05. The minimum atomic E-state index is -0.847. The van der Waals surface area contributed by atoms with Crippen LogP contribution in [0.15, 0.2) is 47.0 Å². The van der Waals surface area contributed by atoms with Gasteiger partial charge in [-0.1, -0.05) is 18.2 Å². The van der Waals surface area contributed by atoms with Crippen molar-refractivity contribution in [3.8, 4) is 0 Å². The van der Waals surface area contributed by atoms with Crippen LogP contribution in [-0.4, -0.2) is 53.0 Å². The van der Waals surface area contributed by atoms with Gasteiger partial charge >= 0.3 is 6.09 Å². The maximum Gasteiger partial charge on any atom is 0.408 e. The molecule has 0 saturated carbocycles. The Kier molecular flexibility index (Phi) is 7.19. The smallest absolute Gasteiger partial charge is 0.408 e. The van der Waals surface area contributed by atoms with Gasteiger partial charge in [0.2, 0.25) is 11.8 Å². The summed E-state index contributed by atoms with van der Waals surface area (Å²) in [6.45, 7) is 7.70. The second kappa shape index (κ2) is 10.3. The molecule has 0 radical (unpaired) electrons. The number of likely N-dealkylation sites (N-methyl/N-ethyl adjacent to an activating group) is 1. The van der Waals surface area contributed by atoms with Gasteiger partial charge in [-0.05, 0) is 51.5 Å². The fourth-order valence-corrected chi connectivity index (χ4v) is 3.85. The number of nitrogens with zero attached hydrogens (tertiary/aromatic N) is 2. The Hall–Kier alpha value is -4.34. The number of aryl methyl sites for hydroxylation is 1. The number of rotatable bonds is 5. The van der Waals surface area contributed by atoms with Gasteiger partial charge in [-0.2, -0.15) is 0 Å². The number of aromatic nitrogens is 1. The van der Waals surface area contributed by atoms with Gasteiger partial charge in [-0.25, -0.2) is 9.78 Å². The Morgan fingerprint density at radius 1 is 1.30 bits per heavy atom. The van der Waals surface area contributed by atoms with Gasteiger partial charge in [0.25, 0.3) is 0 Å². The molecule has 37 heavy (non-hydrogen) atoms. The molecular weight excluding hydrogens is 474 g/mol. The molecule has 3 heterocycles. The molecule has 0 spiro atoms. The number of anilines is 2. The number of alkyl carbamates (subject to hydrolysis) is 1. The lowest BCUT2D eigenvalue weighted by atomic mass is 10.1. The standard InChI is InChI=1S/C27H31N5O5/c1-16-18-8-6-7-9-21(18)36-22(16)15-32(5)23(33)11-10-17-12-19-24(29-13-17)31-25(34)20(14-28-19)30-26(35)37-27(2,3)4/h6-13,20,28H,14-15H2,1-5H3,(H,30,35)(H,29,31,34)/b11-10+/t20-/m0/s1. The highest BCUT2D eigenvalue weighted by atomic mass is 16.6. The van der Waals surface area contributed by atoms with E-state index in [1.165, 1.54) is 6.08 Å². The summed E-state index contributed by atoms with van der Waals surface area (Å²) in [5.41, 5.74) is 2.37. The molecule has 10 heteroatoms. The third-order valence-electron chi connectivity index (χ3n) is 5.77. The van der Waals surface area contributed by atoms with Crippen molar-refractivity contribution < 1.29 is 23.5 Å². The minimum absolute atomic E-state index is 0.144. The predicted molar refractivity (Wildman–Crippen MR) is 141 cm³/mol. The molecule has 3 N–H and O–H groups in total. The molecule has 194 valence electrons. The monoisotopic (exact) mass is 505 g/mol. The van der Waals surface area contributed by atoms with Crippen LogP contribution in [0.5, 0.6) is 0 Å². The summed E-state index contributed by atoms with van der Waals surface area (Å²) in [5.74, 6) is 0.467. The molecule has 0 unspecified atom stereocenters. The molecule has 0 saturated heterocycles. The van der Waals surface area contributed by atoms with E-state index in [1.54, 1.807) is 51.1 Å². The summed E-state index contributed by atoms with van der Waals surface area (Å²) in [5, 5.41) is 9.42. The maximum absolute atomic E-state index is 12.7. The predicted octanol–water partition coefficient (Wildman–Crippen LogP) is 4.07. The average molecular weight is 506 g/mol. The lowest BCUT2D eigenvalue weighted by molar-refractivity contribution is -0.125. The molecule has 2 aromatic heterocycles. The van der Waals surface area contributed by atoms with Crippen molar-refractivity contribution in [1.82, 2.24) is 15.2 Å². The second-order valence-corrected chi connectivity index (χ2v) is 9.91. The summed E-state index contributed by atoms with van der Waals surface area (Å²) < 4.78 is 11.2. The molecule has 0 fully saturated rings. The van der Waals surface area contributed by atoms with Crippen molar-refractivity contribution in [2.45, 2.75) is 45.9 Å². The zero-order chi connectivity index (χ0) is 26.7. The Balaban J connectivity index is 1.39. The van der Waals surface area contributed by atoms with Crippen molar-refractivity contribution in [2.75, 3.05) is 24.2 Å². The number of fused-ring (bicyclic) bond motifs is 2. The number of hydrogen-bond donors (Lipinski definition) is 3. The number of carbonyl (C=O) groups excluding carboxylic acids is 3. The van der Waals surface area contributed by atoms with Gasteiger partial charge in [0.15, 0.2) is 5.82 Å². The molecule has 1 aromatic carbocycles. The molecule has 4 rings (SSSR count). The molecule has 3 amide bonds. The lowest BCUT2D eigenvalue weighted by Gasteiger charge is -2.22. The van der Waals surface area contributed by atoms with Gasteiger partial charge in [0.05, 0.1) is 12.2 Å². The summed E-state index contributed by atoms with van der Waals surface area (Å²) in [6.07, 6.45) is 3.99. The van der Waals surface area contributed by atoms with Gasteiger partial charge in [0, 0.05) is 36.8 Å². The molecule has 10 nitrogen and oxygen atoms in total. The molecule has 1 aliphatic heterocycles. The fourth-order valence-electron chi connectivity index (χ4n) is 3.85. The van der Waals surface area contributed by atoms with Crippen molar-refractivity contribution >= 4 is 46.5 Å². The summed E-state index contributed by atoms with van der Waals surface area (Å²) in [6, 6.07) is 8.70. The van der Waals surface area contributed by atoms with Crippen molar-refractivity contribution in [1.29, 1.82) is 0 Å². The van der Waals surface area contributed by atoms with Gasteiger partial charge < -0.3 is 30.0 Å². The maximum atomic E-state index is 12.7. The number of nitrogens with one attached hydrogen (secondary N) is 3. The van der Waals surface area contributed by atoms with Gasteiger partial charge in [-0.15, -0.1) is 0 Å². The van der Waals surface area contributed by atoms with E-state index in [9.17, 15) is 14.4 Å². The van der Waals surface area contributed by atoms with E-state index >= 15 is 0 Å². The van der Waals surface area contributed by atoms with Crippen molar-refractivity contribution in [2.24, 2.45) is 0 Å². The third kappa shape index (κ3) is 6.27. The van der Waals surface area contributed by atoms with E-state index < -0.39 is 23.6 Å². The normalized spacial score (nSPS) is 15.5. The first-order valence-corrected chi connectivity index (χ1v) is 11.9. The van der Waals surface area contributed by atoms with Crippen LogP contribution >= 0.6 is 0 Å². The van der Waals surface area contributed by atoms with Crippen LogP contribution in [0.25, 0.3) is 17.0 Å². The van der Waals surface area contributed by atoms with Crippen LogP contribution in [0.4, 0.5) is 16.3 Å². The van der Waals surface area contributed by atoms with Crippen LogP contribution in [-0.2, 0) is 20.9 Å². The number of benzene rings is 1. The number of pyridine rings is 1. The molecule has 1 atom stereocenters. The van der Waals surface area contributed by atoms with Gasteiger partial charge in [-0.3, -0.25) is 9.59 Å². The Labute approximate surface area is 215 Å². The third-order valence-corrected chi connectivity index (χ3v) is 5.77. The lowest BCUT2D eigenvalue weighted by Crippen LogP contribution is -2.48. The first-order valence-electron chi connectivity index (χ1n) is 11.9. The zero-order valence-electron chi connectivity index (χ0n) is 21.5. The number of furan rings is 1. The second-order valence-electron chi connectivity index (χ2n) is 9.91. The highest BCUT2D eigenvalue weighted by Crippen LogP contribution is 2.26. The van der Waals surface area contributed by atoms with Crippen LogP contribution in [0.2, 0.25) is 0 Å². The first-order chi connectivity index (χ1) is 17.5. The summed E-state index contributed by atoms with van der Waals surface area (Å²) in [7, 11) is 1.71. The molecular formula is C27H31N5O5. The number of amides is 3. The molecule has 3 aromatic rings. The Bertz CT molecular complexity index is 1370. The van der Waals surface area contributed by atoms with E-state index in [0.717, 1.165) is 22.3 Å². The topological polar surface area (TPSA) is 126 Å². The van der Waals surface area contributed by atoms with Crippen LogP contribution in [0.1, 0.15) is 37.7 Å². The van der Waals surface area contributed by atoms with Crippen LogP contribution in [0, 0.1) is 6.92 Å². The summed E-state index contributed by atoms with van der Waals surface area (Å²) in [4.78, 5) is 43.2. The van der Waals surface area contributed by atoms with Crippen LogP contribution in [0.3, 0.4) is 0 Å². The molecule has 1 aliphatic rings. The summed E-state index contributed by atoms with van der Waals surface area (Å²) >= 11 is 0. The van der Waals surface area contributed by atoms with E-state index in [2.05, 4.69) is 20.9 Å². The Morgan fingerprint density at radius 2 is 2.05 bits per heavy atom. The number of ether oxygens (including phenoxy) is 1. The quantitative estimate of drug-likeness (QED) is 0.446. The largest absolute Gasteiger partial charge is 0.459 e. The zero-order valence-corrected chi connectivity index (χ0v) is 21.5. The molecule has 0 bridgehead atoms. The Morgan fingerprint density at radius 3 is 2.78 bits per heavy atom. The van der Waals surface area contributed by atoms with Crippen LogP contribution < -0.4 is 16.0 Å². The van der Waals surface area contributed by atoms with E-state index in [0.29, 0.717) is 23.6 Å². The number of para-hydroxylation sites is 1. The first kappa shape index (κ1) is 25.7. The number of carbonyl (C=O) groups is 3. The SMILES string of the molecule is Cc1c(CN(C)C(=O)/C=C/c2cnc3c(c2)NC[C@H](NC(=O)OC(C)(C)C)C(=O)N3)oc2ccccc12. The van der Waals surface area contributed by atoms with E-state index in [-0.39, 0.29) is 12.5 Å². The number of hydrogen-bond acceptors (Lipinski definition) is 7.